The van der Waals surface area contributed by atoms with Crippen molar-refractivity contribution >= 4 is 28.2 Å². The van der Waals surface area contributed by atoms with Gasteiger partial charge in [0.1, 0.15) is 11.5 Å². The quantitative estimate of drug-likeness (QED) is 0.676. The van der Waals surface area contributed by atoms with E-state index >= 15 is 0 Å². The highest BCUT2D eigenvalue weighted by Gasteiger charge is 2.25. The summed E-state index contributed by atoms with van der Waals surface area (Å²) in [6, 6.07) is 11.1. The van der Waals surface area contributed by atoms with Gasteiger partial charge in [0.25, 0.3) is 0 Å². The van der Waals surface area contributed by atoms with E-state index in [1.807, 2.05) is 26.1 Å². The second-order valence-corrected chi connectivity index (χ2v) is 7.62. The van der Waals surface area contributed by atoms with E-state index < -0.39 is 6.23 Å². The molecule has 0 saturated heterocycles. The van der Waals surface area contributed by atoms with Crippen LogP contribution >= 0.6 is 11.6 Å². The molecule has 0 amide bonds. The number of aliphatic hydroxyl groups is 1. The summed E-state index contributed by atoms with van der Waals surface area (Å²) in [5.74, 6) is -0.349. The fourth-order valence-electron chi connectivity index (χ4n) is 3.34. The minimum absolute atomic E-state index is 0.0153. The van der Waals surface area contributed by atoms with Gasteiger partial charge in [0.15, 0.2) is 6.23 Å². The minimum Gasteiger partial charge on any atom is -0.368 e. The summed E-state index contributed by atoms with van der Waals surface area (Å²) in [6.07, 6.45) is 2.62. The van der Waals surface area contributed by atoms with Gasteiger partial charge in [-0.25, -0.2) is 9.37 Å². The van der Waals surface area contributed by atoms with Crippen LogP contribution in [0.5, 0.6) is 0 Å². The molecule has 2 N–H and O–H groups in total. The lowest BCUT2D eigenvalue weighted by Gasteiger charge is -2.34. The molecule has 0 aliphatic carbocycles. The zero-order valence-corrected chi connectivity index (χ0v) is 16.6. The van der Waals surface area contributed by atoms with Crippen LogP contribution in [0.2, 0.25) is 0 Å². The van der Waals surface area contributed by atoms with Crippen molar-refractivity contribution in [3.05, 3.63) is 81.5 Å². The number of pyridine rings is 2. The molecule has 4 rings (SSSR count). The molecule has 0 saturated carbocycles. The van der Waals surface area contributed by atoms with Crippen molar-refractivity contribution in [1.82, 2.24) is 14.9 Å². The Morgan fingerprint density at radius 1 is 1.21 bits per heavy atom. The lowest BCUT2D eigenvalue weighted by atomic mass is 9.96. The molecule has 29 heavy (non-hydrogen) atoms. The predicted molar refractivity (Wildman–Crippen MR) is 113 cm³/mol. The lowest BCUT2D eigenvalue weighted by molar-refractivity contribution is 0.0537. The maximum absolute atomic E-state index is 13.5. The topological polar surface area (TPSA) is 69.2 Å². The standard InChI is InChI=1S/C22H19ClFN3O2/c1-12(2)27-11-15(10-18(23)22(27)29)17-9-14-5-8-19(28)25-21(14)26-20(17)13-3-6-16(24)7-4-13/h3-12,22,29H,1-2H3,(H,25,26,28). The predicted octanol–water partition coefficient (Wildman–Crippen LogP) is 4.24. The SMILES string of the molecule is CC(C)N1C=C(c2cc3ccc(=O)[nH]c3nc2-c2ccc(F)cc2)C=C(Cl)C1O. The Hall–Kier alpha value is -2.96. The summed E-state index contributed by atoms with van der Waals surface area (Å²) < 4.78 is 13.5. The van der Waals surface area contributed by atoms with Gasteiger partial charge >= 0.3 is 0 Å². The second kappa shape index (κ2) is 7.46. The molecule has 0 fully saturated rings. The molecule has 7 heteroatoms. The van der Waals surface area contributed by atoms with Crippen molar-refractivity contribution in [2.75, 3.05) is 0 Å². The number of aromatic amines is 1. The van der Waals surface area contributed by atoms with Gasteiger partial charge in [0.05, 0.1) is 10.7 Å². The molecule has 0 bridgehead atoms. The number of halogens is 2. The number of benzene rings is 1. The number of fused-ring (bicyclic) bond motifs is 1. The fraction of sp³-hybridized carbons (Fsp3) is 0.182. The maximum atomic E-state index is 13.5. The first-order chi connectivity index (χ1) is 13.8. The molecular weight excluding hydrogens is 393 g/mol. The molecule has 0 spiro atoms. The fourth-order valence-corrected chi connectivity index (χ4v) is 3.57. The van der Waals surface area contributed by atoms with Crippen LogP contribution in [0.3, 0.4) is 0 Å². The molecular formula is C22H19ClFN3O2. The first-order valence-electron chi connectivity index (χ1n) is 9.18. The molecule has 3 aromatic rings. The number of hydrogen-bond donors (Lipinski definition) is 2. The summed E-state index contributed by atoms with van der Waals surface area (Å²) in [5.41, 5.74) is 2.97. The van der Waals surface area contributed by atoms with Crippen molar-refractivity contribution < 1.29 is 9.50 Å². The molecule has 3 heterocycles. The number of nitrogens with zero attached hydrogens (tertiary/aromatic N) is 2. The highest BCUT2D eigenvalue weighted by atomic mass is 35.5. The van der Waals surface area contributed by atoms with Crippen LogP contribution in [0.1, 0.15) is 19.4 Å². The molecule has 0 radical (unpaired) electrons. The van der Waals surface area contributed by atoms with E-state index in [4.69, 9.17) is 11.6 Å². The Labute approximate surface area is 171 Å². The average molecular weight is 412 g/mol. The van der Waals surface area contributed by atoms with Crippen LogP contribution in [0.4, 0.5) is 4.39 Å². The smallest absolute Gasteiger partial charge is 0.249 e. The van der Waals surface area contributed by atoms with E-state index in [9.17, 15) is 14.3 Å². The monoisotopic (exact) mass is 411 g/mol. The zero-order valence-electron chi connectivity index (χ0n) is 15.9. The van der Waals surface area contributed by atoms with Crippen LogP contribution in [0.25, 0.3) is 27.9 Å². The van der Waals surface area contributed by atoms with Gasteiger partial charge in [-0.3, -0.25) is 4.79 Å². The summed E-state index contributed by atoms with van der Waals surface area (Å²) in [5, 5.41) is 11.4. The second-order valence-electron chi connectivity index (χ2n) is 7.18. The van der Waals surface area contributed by atoms with E-state index in [0.29, 0.717) is 21.9 Å². The van der Waals surface area contributed by atoms with Gasteiger partial charge in [-0.1, -0.05) is 11.6 Å². The number of aliphatic hydroxyl groups excluding tert-OH is 1. The third-order valence-corrected chi connectivity index (χ3v) is 5.15. The molecule has 1 aliphatic heterocycles. The summed E-state index contributed by atoms with van der Waals surface area (Å²) in [7, 11) is 0. The number of H-pyrrole nitrogens is 1. The first kappa shape index (κ1) is 19.4. The van der Waals surface area contributed by atoms with Gasteiger partial charge in [-0.05, 0) is 56.3 Å². The Kier molecular flexibility index (Phi) is 4.98. The van der Waals surface area contributed by atoms with Crippen molar-refractivity contribution in [2.24, 2.45) is 0 Å². The number of aromatic nitrogens is 2. The average Bonchev–Trinajstić information content (AvgIpc) is 2.69. The summed E-state index contributed by atoms with van der Waals surface area (Å²) in [4.78, 5) is 20.9. The van der Waals surface area contributed by atoms with Crippen LogP contribution in [-0.2, 0) is 0 Å². The van der Waals surface area contributed by atoms with Crippen molar-refractivity contribution in [2.45, 2.75) is 26.1 Å². The Morgan fingerprint density at radius 3 is 2.62 bits per heavy atom. The van der Waals surface area contributed by atoms with E-state index in [1.54, 1.807) is 29.2 Å². The number of hydrogen-bond acceptors (Lipinski definition) is 4. The van der Waals surface area contributed by atoms with Crippen LogP contribution < -0.4 is 5.56 Å². The van der Waals surface area contributed by atoms with Crippen LogP contribution in [-0.4, -0.2) is 32.2 Å². The molecule has 1 aromatic carbocycles. The zero-order chi connectivity index (χ0) is 20.7. The summed E-state index contributed by atoms with van der Waals surface area (Å²) in [6.45, 7) is 3.91. The van der Waals surface area contributed by atoms with E-state index in [-0.39, 0.29) is 17.4 Å². The van der Waals surface area contributed by atoms with Crippen molar-refractivity contribution in [1.29, 1.82) is 0 Å². The molecule has 148 valence electrons. The van der Waals surface area contributed by atoms with Crippen molar-refractivity contribution in [3.63, 3.8) is 0 Å². The first-order valence-corrected chi connectivity index (χ1v) is 9.56. The molecule has 1 atom stereocenters. The maximum Gasteiger partial charge on any atom is 0.249 e. The highest BCUT2D eigenvalue weighted by molar-refractivity contribution is 6.31. The number of rotatable bonds is 3. The van der Waals surface area contributed by atoms with E-state index in [0.717, 1.165) is 16.5 Å². The lowest BCUT2D eigenvalue weighted by Crippen LogP contribution is -2.38. The van der Waals surface area contributed by atoms with Gasteiger partial charge in [0.2, 0.25) is 5.56 Å². The number of nitrogens with one attached hydrogen (secondary N) is 1. The highest BCUT2D eigenvalue weighted by Crippen LogP contribution is 2.35. The van der Waals surface area contributed by atoms with Gasteiger partial charge in [0, 0.05) is 40.4 Å². The molecule has 2 aromatic heterocycles. The normalized spacial score (nSPS) is 16.9. The molecule has 1 aliphatic rings. The minimum atomic E-state index is -0.917. The third kappa shape index (κ3) is 3.69. The molecule has 5 nitrogen and oxygen atoms in total. The van der Waals surface area contributed by atoms with Gasteiger partial charge in [-0.2, -0.15) is 0 Å². The van der Waals surface area contributed by atoms with Gasteiger partial charge in [-0.15, -0.1) is 0 Å². The Bertz CT molecular complexity index is 1200. The largest absolute Gasteiger partial charge is 0.368 e. The van der Waals surface area contributed by atoms with Crippen molar-refractivity contribution in [3.8, 4) is 11.3 Å². The Morgan fingerprint density at radius 2 is 1.93 bits per heavy atom. The summed E-state index contributed by atoms with van der Waals surface area (Å²) >= 11 is 6.32. The molecule has 1 unspecified atom stereocenters. The van der Waals surface area contributed by atoms with Crippen LogP contribution in [0.15, 0.2) is 64.6 Å². The number of allylic oxidation sites excluding steroid dienone is 2. The van der Waals surface area contributed by atoms with Crippen LogP contribution in [0, 0.1) is 5.82 Å². The van der Waals surface area contributed by atoms with E-state index in [1.165, 1.54) is 18.2 Å². The van der Waals surface area contributed by atoms with Gasteiger partial charge < -0.3 is 15.0 Å². The Balaban J connectivity index is 1.98. The third-order valence-electron chi connectivity index (χ3n) is 4.84. The van der Waals surface area contributed by atoms with E-state index in [2.05, 4.69) is 9.97 Å².